The smallest absolute Gasteiger partial charge is 0.252 e. The van der Waals surface area contributed by atoms with Crippen molar-refractivity contribution in [1.29, 1.82) is 0 Å². The predicted octanol–water partition coefficient (Wildman–Crippen LogP) is 2.48. The van der Waals surface area contributed by atoms with E-state index in [9.17, 15) is 14.3 Å². The van der Waals surface area contributed by atoms with Gasteiger partial charge in [-0.15, -0.1) is 0 Å². The van der Waals surface area contributed by atoms with Gasteiger partial charge in [0.05, 0.1) is 15.6 Å². The van der Waals surface area contributed by atoms with E-state index in [1.807, 2.05) is 6.92 Å². The second-order valence-electron chi connectivity index (χ2n) is 4.13. The van der Waals surface area contributed by atoms with E-state index < -0.39 is 17.3 Å². The van der Waals surface area contributed by atoms with Gasteiger partial charge >= 0.3 is 0 Å². The highest BCUT2D eigenvalue weighted by atomic mass is 79.9. The Hall–Kier alpha value is -0.940. The van der Waals surface area contributed by atoms with Crippen LogP contribution < -0.4 is 5.32 Å². The summed E-state index contributed by atoms with van der Waals surface area (Å²) < 4.78 is 13.3. The van der Waals surface area contributed by atoms with Crippen molar-refractivity contribution in [1.82, 2.24) is 5.32 Å². The van der Waals surface area contributed by atoms with E-state index in [1.54, 1.807) is 6.92 Å². The molecule has 1 aromatic carbocycles. The molecule has 0 aliphatic heterocycles. The van der Waals surface area contributed by atoms with Crippen LogP contribution in [0.4, 0.5) is 4.39 Å². The van der Waals surface area contributed by atoms with Crippen LogP contribution in [0.3, 0.4) is 0 Å². The lowest BCUT2D eigenvalue weighted by molar-refractivity contribution is 0.0518. The molecular formula is C12H15BrFNO2. The van der Waals surface area contributed by atoms with Crippen molar-refractivity contribution in [2.45, 2.75) is 25.9 Å². The number of hydrogen-bond donors (Lipinski definition) is 2. The minimum absolute atomic E-state index is 0.130. The molecule has 1 atom stereocenters. The zero-order valence-electron chi connectivity index (χ0n) is 9.76. The molecule has 17 heavy (non-hydrogen) atoms. The van der Waals surface area contributed by atoms with Crippen LogP contribution >= 0.6 is 15.9 Å². The summed E-state index contributed by atoms with van der Waals surface area (Å²) in [4.78, 5) is 11.8. The summed E-state index contributed by atoms with van der Waals surface area (Å²) in [6.07, 6.45) is 0.525. The normalized spacial score (nSPS) is 14.2. The summed E-state index contributed by atoms with van der Waals surface area (Å²) in [6.45, 7) is 3.59. The van der Waals surface area contributed by atoms with Crippen LogP contribution in [0.1, 0.15) is 30.6 Å². The van der Waals surface area contributed by atoms with Crippen LogP contribution in [0.2, 0.25) is 0 Å². The fraction of sp³-hybridized carbons (Fsp3) is 0.417. The Labute approximate surface area is 108 Å². The second-order valence-corrected chi connectivity index (χ2v) is 4.93. The lowest BCUT2D eigenvalue weighted by atomic mass is 10.0. The number of halogens is 2. The summed E-state index contributed by atoms with van der Waals surface area (Å²) in [6, 6.07) is 4.25. The molecule has 0 aliphatic carbocycles. The predicted molar refractivity (Wildman–Crippen MR) is 67.3 cm³/mol. The van der Waals surface area contributed by atoms with Crippen molar-refractivity contribution in [2.24, 2.45) is 0 Å². The molecule has 0 spiro atoms. The lowest BCUT2D eigenvalue weighted by Crippen LogP contribution is -2.40. The Morgan fingerprint density at radius 3 is 2.82 bits per heavy atom. The first-order chi connectivity index (χ1) is 7.87. The number of aliphatic hydroxyl groups is 1. The Balaban J connectivity index is 2.74. The van der Waals surface area contributed by atoms with E-state index in [2.05, 4.69) is 21.2 Å². The summed E-state index contributed by atoms with van der Waals surface area (Å²) in [5.74, 6) is -0.898. The van der Waals surface area contributed by atoms with Gasteiger partial charge in [0.1, 0.15) is 5.82 Å². The molecule has 1 aromatic rings. The summed E-state index contributed by atoms with van der Waals surface area (Å²) >= 11 is 3.02. The van der Waals surface area contributed by atoms with Gasteiger partial charge in [0.2, 0.25) is 0 Å². The van der Waals surface area contributed by atoms with Crippen molar-refractivity contribution >= 4 is 21.8 Å². The molecular weight excluding hydrogens is 289 g/mol. The Bertz CT molecular complexity index is 421. The third kappa shape index (κ3) is 3.78. The molecule has 0 aliphatic rings. The highest BCUT2D eigenvalue weighted by Gasteiger charge is 2.20. The van der Waals surface area contributed by atoms with Gasteiger partial charge in [-0.25, -0.2) is 4.39 Å². The SMILES string of the molecule is CCC(C)(O)CNC(=O)c1cccc(F)c1Br. The molecule has 1 rings (SSSR count). The van der Waals surface area contributed by atoms with Gasteiger partial charge in [-0.2, -0.15) is 0 Å². The third-order valence-electron chi connectivity index (χ3n) is 2.59. The van der Waals surface area contributed by atoms with Crippen molar-refractivity contribution < 1.29 is 14.3 Å². The maximum absolute atomic E-state index is 13.2. The van der Waals surface area contributed by atoms with Crippen LogP contribution in [-0.4, -0.2) is 23.2 Å². The van der Waals surface area contributed by atoms with Crippen molar-refractivity contribution in [2.75, 3.05) is 6.54 Å². The highest BCUT2D eigenvalue weighted by molar-refractivity contribution is 9.10. The molecule has 0 fully saturated rings. The fourth-order valence-electron chi connectivity index (χ4n) is 1.17. The second kappa shape index (κ2) is 5.60. The molecule has 0 radical (unpaired) electrons. The number of carbonyl (C=O) groups is 1. The van der Waals surface area contributed by atoms with Crippen LogP contribution in [-0.2, 0) is 0 Å². The molecule has 1 amide bonds. The maximum atomic E-state index is 13.2. The molecule has 0 heterocycles. The van der Waals surface area contributed by atoms with E-state index in [4.69, 9.17) is 0 Å². The first kappa shape index (κ1) is 14.1. The summed E-state index contributed by atoms with van der Waals surface area (Å²) in [5, 5.41) is 12.3. The van der Waals surface area contributed by atoms with Crippen molar-refractivity contribution in [3.8, 4) is 0 Å². The first-order valence-corrected chi connectivity index (χ1v) is 6.11. The molecule has 0 aromatic heterocycles. The van der Waals surface area contributed by atoms with E-state index in [0.29, 0.717) is 6.42 Å². The van der Waals surface area contributed by atoms with E-state index in [-0.39, 0.29) is 16.6 Å². The van der Waals surface area contributed by atoms with Gasteiger partial charge in [-0.3, -0.25) is 4.79 Å². The third-order valence-corrected chi connectivity index (χ3v) is 3.39. The number of benzene rings is 1. The molecule has 3 nitrogen and oxygen atoms in total. The molecule has 5 heteroatoms. The Morgan fingerprint density at radius 1 is 1.59 bits per heavy atom. The molecule has 0 saturated heterocycles. The lowest BCUT2D eigenvalue weighted by Gasteiger charge is -2.21. The number of carbonyl (C=O) groups excluding carboxylic acids is 1. The number of nitrogens with one attached hydrogen (secondary N) is 1. The van der Waals surface area contributed by atoms with Crippen LogP contribution in [0, 0.1) is 5.82 Å². The minimum atomic E-state index is -0.949. The average molecular weight is 304 g/mol. The van der Waals surface area contributed by atoms with Gasteiger partial charge < -0.3 is 10.4 Å². The minimum Gasteiger partial charge on any atom is -0.388 e. The molecule has 1 unspecified atom stereocenters. The van der Waals surface area contributed by atoms with Gasteiger partial charge in [0.25, 0.3) is 5.91 Å². The molecule has 0 bridgehead atoms. The fourth-order valence-corrected chi connectivity index (χ4v) is 1.61. The van der Waals surface area contributed by atoms with Crippen LogP contribution in [0.15, 0.2) is 22.7 Å². The number of hydrogen-bond acceptors (Lipinski definition) is 2. The zero-order chi connectivity index (χ0) is 13.1. The van der Waals surface area contributed by atoms with E-state index in [0.717, 1.165) is 0 Å². The first-order valence-electron chi connectivity index (χ1n) is 5.32. The maximum Gasteiger partial charge on any atom is 0.252 e. The van der Waals surface area contributed by atoms with Gasteiger partial charge in [0.15, 0.2) is 0 Å². The van der Waals surface area contributed by atoms with Crippen LogP contribution in [0.25, 0.3) is 0 Å². The standard InChI is InChI=1S/C12H15BrFNO2/c1-3-12(2,17)7-15-11(16)8-5-4-6-9(14)10(8)13/h4-6,17H,3,7H2,1-2H3,(H,15,16). The Kier molecular flexibility index (Phi) is 4.65. The van der Waals surface area contributed by atoms with Crippen molar-refractivity contribution in [3.05, 3.63) is 34.1 Å². The van der Waals surface area contributed by atoms with Gasteiger partial charge in [-0.05, 0) is 41.4 Å². The van der Waals surface area contributed by atoms with Crippen molar-refractivity contribution in [3.63, 3.8) is 0 Å². The topological polar surface area (TPSA) is 49.3 Å². The molecule has 94 valence electrons. The monoisotopic (exact) mass is 303 g/mol. The number of rotatable bonds is 4. The summed E-state index contributed by atoms with van der Waals surface area (Å²) in [7, 11) is 0. The largest absolute Gasteiger partial charge is 0.388 e. The molecule has 0 saturated carbocycles. The van der Waals surface area contributed by atoms with Crippen LogP contribution in [0.5, 0.6) is 0 Å². The van der Waals surface area contributed by atoms with E-state index in [1.165, 1.54) is 18.2 Å². The number of amides is 1. The average Bonchev–Trinajstić information content (AvgIpc) is 2.30. The zero-order valence-corrected chi connectivity index (χ0v) is 11.3. The molecule has 2 N–H and O–H groups in total. The van der Waals surface area contributed by atoms with Gasteiger partial charge in [0, 0.05) is 6.54 Å². The van der Waals surface area contributed by atoms with Gasteiger partial charge in [-0.1, -0.05) is 13.0 Å². The van der Waals surface area contributed by atoms with E-state index >= 15 is 0 Å². The summed E-state index contributed by atoms with van der Waals surface area (Å²) in [5.41, 5.74) is -0.730. The Morgan fingerprint density at radius 2 is 2.24 bits per heavy atom. The quantitative estimate of drug-likeness (QED) is 0.898. The highest BCUT2D eigenvalue weighted by Crippen LogP contribution is 2.20.